The van der Waals surface area contributed by atoms with Gasteiger partial charge < -0.3 is 23.6 Å². The SMILES string of the molecule is CCCCCCCC/C=C\CCCCCCCC(=O)OCC(COP(=O)(O)OCC[N+](C)(C)C)OC(=O)CC/C=C/C/C=C/C/C=C/C/C=C/C/C=C/CC1OC1CC. The number of ether oxygens (including phenoxy) is 3. The van der Waals surface area contributed by atoms with Gasteiger partial charge >= 0.3 is 19.8 Å². The van der Waals surface area contributed by atoms with Crippen LogP contribution in [0.25, 0.3) is 0 Å². The lowest BCUT2D eigenvalue weighted by molar-refractivity contribution is -0.870. The van der Waals surface area contributed by atoms with Gasteiger partial charge in [0, 0.05) is 12.8 Å². The minimum atomic E-state index is -4.40. The van der Waals surface area contributed by atoms with Crippen molar-refractivity contribution in [3.63, 3.8) is 0 Å². The van der Waals surface area contributed by atoms with E-state index in [1.807, 2.05) is 33.3 Å². The molecule has 4 atom stereocenters. The highest BCUT2D eigenvalue weighted by Crippen LogP contribution is 2.43. The van der Waals surface area contributed by atoms with Crippen molar-refractivity contribution in [2.75, 3.05) is 47.5 Å². The van der Waals surface area contributed by atoms with Crippen molar-refractivity contribution in [1.82, 2.24) is 0 Å². The molecule has 0 spiro atoms. The molecule has 1 rings (SSSR count). The van der Waals surface area contributed by atoms with Crippen LogP contribution >= 0.6 is 7.82 Å². The summed E-state index contributed by atoms with van der Waals surface area (Å²) in [6.07, 6.45) is 47.3. The van der Waals surface area contributed by atoms with E-state index in [1.54, 1.807) is 0 Å². The number of hydrogen-bond acceptors (Lipinski definition) is 8. The van der Waals surface area contributed by atoms with E-state index in [1.165, 1.54) is 44.9 Å². The van der Waals surface area contributed by atoms with E-state index in [0.717, 1.165) is 70.6 Å². The number of epoxide rings is 1. The number of esters is 2. The van der Waals surface area contributed by atoms with Crippen LogP contribution in [0, 0.1) is 0 Å². The molecule has 11 heteroatoms. The second kappa shape index (κ2) is 36.1. The Morgan fingerprint density at radius 1 is 0.627 bits per heavy atom. The number of carbonyl (C=O) groups is 2. The Morgan fingerprint density at radius 3 is 1.71 bits per heavy atom. The third kappa shape index (κ3) is 36.9. The molecule has 0 aliphatic carbocycles. The van der Waals surface area contributed by atoms with Gasteiger partial charge in [-0.15, -0.1) is 0 Å². The molecular weight excluding hydrogens is 765 g/mol. The van der Waals surface area contributed by atoms with Crippen LogP contribution in [0.2, 0.25) is 0 Å². The van der Waals surface area contributed by atoms with Gasteiger partial charge in [-0.25, -0.2) is 4.57 Å². The first-order valence-corrected chi connectivity index (χ1v) is 24.3. The Labute approximate surface area is 359 Å². The first-order valence-electron chi connectivity index (χ1n) is 22.8. The molecule has 1 aliphatic rings. The van der Waals surface area contributed by atoms with Crippen molar-refractivity contribution in [3.8, 4) is 0 Å². The van der Waals surface area contributed by atoms with Gasteiger partial charge in [0.2, 0.25) is 0 Å². The molecule has 0 aromatic rings. The lowest BCUT2D eigenvalue weighted by Crippen LogP contribution is -2.37. The van der Waals surface area contributed by atoms with Crippen LogP contribution in [-0.2, 0) is 37.4 Å². The highest BCUT2D eigenvalue weighted by molar-refractivity contribution is 7.47. The average molecular weight is 849 g/mol. The van der Waals surface area contributed by atoms with Gasteiger partial charge in [0.15, 0.2) is 6.10 Å². The molecule has 0 aromatic heterocycles. The molecule has 0 bridgehead atoms. The normalized spacial score (nSPS) is 17.7. The van der Waals surface area contributed by atoms with Gasteiger partial charge in [-0.1, -0.05) is 138 Å². The zero-order valence-corrected chi connectivity index (χ0v) is 38.5. The number of phosphoric acid groups is 1. The Balaban J connectivity index is 2.32. The number of allylic oxidation sites excluding steroid dienone is 11. The molecule has 338 valence electrons. The Bertz CT molecular complexity index is 1300. The van der Waals surface area contributed by atoms with Gasteiger partial charge in [-0.2, -0.15) is 0 Å². The number of likely N-dealkylation sites (N-methyl/N-ethyl adjacent to an activating group) is 1. The van der Waals surface area contributed by atoms with Crippen molar-refractivity contribution in [2.45, 2.75) is 173 Å². The fraction of sp³-hybridized carbons (Fsp3) is 0.708. The highest BCUT2D eigenvalue weighted by Gasteiger charge is 2.35. The quantitative estimate of drug-likeness (QED) is 0.0161. The molecule has 0 radical (unpaired) electrons. The fourth-order valence-electron chi connectivity index (χ4n) is 5.98. The number of hydrogen-bond donors (Lipinski definition) is 1. The van der Waals surface area contributed by atoms with Crippen LogP contribution in [-0.4, -0.2) is 87.1 Å². The molecule has 1 aliphatic heterocycles. The largest absolute Gasteiger partial charge is 0.472 e. The van der Waals surface area contributed by atoms with Gasteiger partial charge in [-0.3, -0.25) is 18.6 Å². The van der Waals surface area contributed by atoms with Crippen LogP contribution in [0.5, 0.6) is 0 Å². The van der Waals surface area contributed by atoms with Crippen molar-refractivity contribution >= 4 is 19.8 Å². The second-order valence-corrected chi connectivity index (χ2v) is 17.9. The van der Waals surface area contributed by atoms with E-state index in [2.05, 4.69) is 74.6 Å². The number of rotatable bonds is 39. The third-order valence-electron chi connectivity index (χ3n) is 9.71. The van der Waals surface area contributed by atoms with E-state index in [-0.39, 0.29) is 26.1 Å². The zero-order valence-electron chi connectivity index (χ0n) is 37.7. The first kappa shape index (κ1) is 54.4. The molecule has 1 N–H and O–H groups in total. The first-order chi connectivity index (χ1) is 28.5. The van der Waals surface area contributed by atoms with Crippen molar-refractivity contribution in [1.29, 1.82) is 0 Å². The van der Waals surface area contributed by atoms with Gasteiger partial charge in [-0.05, 0) is 77.0 Å². The smallest absolute Gasteiger partial charge is 0.462 e. The molecule has 0 aromatic carbocycles. The summed E-state index contributed by atoms with van der Waals surface area (Å²) >= 11 is 0. The molecule has 1 saturated heterocycles. The topological polar surface area (TPSA) is 121 Å². The molecular formula is C48H83NO9P+. The Kier molecular flexibility index (Phi) is 33.3. The molecule has 1 heterocycles. The van der Waals surface area contributed by atoms with Gasteiger partial charge in [0.05, 0.1) is 40.0 Å². The second-order valence-electron chi connectivity index (χ2n) is 16.4. The highest BCUT2D eigenvalue weighted by atomic mass is 31.2. The maximum atomic E-state index is 12.7. The van der Waals surface area contributed by atoms with Crippen LogP contribution in [0.4, 0.5) is 0 Å². The number of carbonyl (C=O) groups excluding carboxylic acids is 2. The monoisotopic (exact) mass is 849 g/mol. The van der Waals surface area contributed by atoms with Crippen LogP contribution in [0.1, 0.15) is 155 Å². The van der Waals surface area contributed by atoms with E-state index in [0.29, 0.717) is 36.1 Å². The summed E-state index contributed by atoms with van der Waals surface area (Å²) in [5.41, 5.74) is 0. The van der Waals surface area contributed by atoms with Crippen LogP contribution < -0.4 is 0 Å². The van der Waals surface area contributed by atoms with Gasteiger partial charge in [0.25, 0.3) is 0 Å². The summed E-state index contributed by atoms with van der Waals surface area (Å²) in [4.78, 5) is 35.4. The predicted octanol–water partition coefficient (Wildman–Crippen LogP) is 12.0. The van der Waals surface area contributed by atoms with Crippen LogP contribution in [0.3, 0.4) is 0 Å². The van der Waals surface area contributed by atoms with E-state index in [4.69, 9.17) is 23.3 Å². The zero-order chi connectivity index (χ0) is 43.3. The fourth-order valence-corrected chi connectivity index (χ4v) is 6.72. The van der Waals surface area contributed by atoms with Crippen LogP contribution in [0.15, 0.2) is 72.9 Å². The summed E-state index contributed by atoms with van der Waals surface area (Å²) in [6, 6.07) is 0. The summed E-state index contributed by atoms with van der Waals surface area (Å²) < 4.78 is 39.8. The van der Waals surface area contributed by atoms with E-state index >= 15 is 0 Å². The van der Waals surface area contributed by atoms with E-state index < -0.39 is 32.5 Å². The third-order valence-corrected chi connectivity index (χ3v) is 10.7. The predicted molar refractivity (Wildman–Crippen MR) is 242 cm³/mol. The number of quaternary nitrogens is 1. The summed E-state index contributed by atoms with van der Waals surface area (Å²) in [5, 5.41) is 0. The number of phosphoric ester groups is 1. The number of unbranched alkanes of at least 4 members (excludes halogenated alkanes) is 11. The Hall–Kier alpha value is -2.59. The average Bonchev–Trinajstić information content (AvgIpc) is 3.96. The van der Waals surface area contributed by atoms with Crippen molar-refractivity contribution < 1.29 is 46.8 Å². The molecule has 0 saturated carbocycles. The molecule has 0 amide bonds. The summed E-state index contributed by atoms with van der Waals surface area (Å²) in [7, 11) is 1.41. The molecule has 4 unspecified atom stereocenters. The summed E-state index contributed by atoms with van der Waals surface area (Å²) in [6.45, 7) is 4.20. The lowest BCUT2D eigenvalue weighted by atomic mass is 10.1. The maximum Gasteiger partial charge on any atom is 0.472 e. The van der Waals surface area contributed by atoms with Crippen molar-refractivity contribution in [2.24, 2.45) is 0 Å². The van der Waals surface area contributed by atoms with E-state index in [9.17, 15) is 19.0 Å². The minimum absolute atomic E-state index is 0.0117. The molecule has 10 nitrogen and oxygen atoms in total. The lowest BCUT2D eigenvalue weighted by Gasteiger charge is -2.24. The minimum Gasteiger partial charge on any atom is -0.462 e. The maximum absolute atomic E-state index is 12.7. The van der Waals surface area contributed by atoms with Crippen molar-refractivity contribution in [3.05, 3.63) is 72.9 Å². The summed E-state index contributed by atoms with van der Waals surface area (Å²) in [5.74, 6) is -0.915. The number of nitrogens with zero attached hydrogens (tertiary/aromatic N) is 1. The Morgan fingerprint density at radius 2 is 1.15 bits per heavy atom. The molecule has 1 fully saturated rings. The standard InChI is InChI=1S/C48H82NO9P/c1-6-8-9-10-11-12-13-14-16-20-23-26-29-32-35-38-47(50)54-42-44(43-56-59(52,53)55-41-40-49(3,4)5)57-48(51)39-36-33-30-27-24-21-18-15-17-19-22-25-28-31-34-37-46-45(7-2)58-46/h14-17,21-22,24-25,30-31,33-34,44-46H,6-13,18-20,23,26-29,32,35-43H2,1-5H3/p+1/b16-14-,17-15+,24-21+,25-22+,33-30+,34-31+. The molecule has 59 heavy (non-hydrogen) atoms. The van der Waals surface area contributed by atoms with Gasteiger partial charge in [0.1, 0.15) is 19.8 Å².